The van der Waals surface area contributed by atoms with Gasteiger partial charge in [0.05, 0.1) is 4.90 Å². The molecule has 0 spiro atoms. The van der Waals surface area contributed by atoms with Gasteiger partial charge in [-0.15, -0.1) is 0 Å². The molecule has 1 aromatic rings. The summed E-state index contributed by atoms with van der Waals surface area (Å²) in [5.74, 6) is -0.391. The molecule has 0 saturated carbocycles. The highest BCUT2D eigenvalue weighted by atomic mass is 35.5. The first-order valence-electron chi connectivity index (χ1n) is 5.57. The van der Waals surface area contributed by atoms with Crippen molar-refractivity contribution in [1.82, 2.24) is 5.32 Å². The summed E-state index contributed by atoms with van der Waals surface area (Å²) in [7, 11) is -3.92. The molecule has 7 heteroatoms. The molecule has 1 rings (SSSR count). The maximum Gasteiger partial charge on any atom is 0.252 e. The van der Waals surface area contributed by atoms with Gasteiger partial charge in [-0.25, -0.2) is 13.6 Å². The summed E-state index contributed by atoms with van der Waals surface area (Å²) in [4.78, 5) is 12.0. The maximum atomic E-state index is 12.1. The third-order valence-electron chi connectivity index (χ3n) is 2.36. The number of carbonyl (C=O) groups excluding carboxylic acids is 1. The highest BCUT2D eigenvalue weighted by Gasteiger charge is 2.22. The first-order valence-corrected chi connectivity index (χ1v) is 7.50. The van der Waals surface area contributed by atoms with Crippen LogP contribution in [0.2, 0.25) is 5.02 Å². The lowest BCUT2D eigenvalue weighted by Gasteiger charge is -2.21. The van der Waals surface area contributed by atoms with Crippen molar-refractivity contribution < 1.29 is 13.2 Å². The summed E-state index contributed by atoms with van der Waals surface area (Å²) in [6, 6.07) is 2.66. The summed E-state index contributed by atoms with van der Waals surface area (Å²) < 4.78 is 22.9. The van der Waals surface area contributed by atoms with E-state index in [2.05, 4.69) is 5.32 Å². The van der Waals surface area contributed by atoms with Crippen molar-refractivity contribution in [2.45, 2.75) is 38.1 Å². The first-order chi connectivity index (χ1) is 8.42. The quantitative estimate of drug-likeness (QED) is 0.873. The number of nitrogens with two attached hydrogens (primary N) is 1. The number of halogens is 1. The molecule has 0 heterocycles. The zero-order valence-electron chi connectivity index (χ0n) is 11.2. The van der Waals surface area contributed by atoms with Crippen LogP contribution in [0, 0.1) is 6.92 Å². The van der Waals surface area contributed by atoms with Crippen LogP contribution in [0.1, 0.15) is 36.7 Å². The smallest absolute Gasteiger partial charge is 0.252 e. The van der Waals surface area contributed by atoms with Gasteiger partial charge in [0.15, 0.2) is 0 Å². The minimum Gasteiger partial charge on any atom is -0.347 e. The number of hydrogen-bond donors (Lipinski definition) is 2. The van der Waals surface area contributed by atoms with E-state index in [1.54, 1.807) is 0 Å². The Bertz CT molecular complexity index is 619. The second kappa shape index (κ2) is 5.11. The number of rotatable bonds is 2. The summed E-state index contributed by atoms with van der Waals surface area (Å²) in [5, 5.41) is 8.00. The van der Waals surface area contributed by atoms with Crippen molar-refractivity contribution in [2.75, 3.05) is 0 Å². The second-order valence-corrected chi connectivity index (χ2v) is 7.29. The second-order valence-electron chi connectivity index (χ2n) is 5.33. The van der Waals surface area contributed by atoms with E-state index in [1.165, 1.54) is 19.1 Å². The van der Waals surface area contributed by atoms with Gasteiger partial charge in [0, 0.05) is 16.1 Å². The van der Waals surface area contributed by atoms with Crippen molar-refractivity contribution >= 4 is 27.5 Å². The van der Waals surface area contributed by atoms with E-state index in [1.807, 2.05) is 20.8 Å². The van der Waals surface area contributed by atoms with Gasteiger partial charge in [0.25, 0.3) is 5.91 Å². The SMILES string of the molecule is Cc1c(C(=O)NC(C)(C)C)cc(Cl)cc1S(N)(=O)=O. The molecule has 1 amide bonds. The van der Waals surface area contributed by atoms with Crippen molar-refractivity contribution in [3.05, 3.63) is 28.3 Å². The minimum absolute atomic E-state index is 0.140. The molecule has 5 nitrogen and oxygen atoms in total. The predicted octanol–water partition coefficient (Wildman–Crippen LogP) is 1.82. The molecule has 0 aliphatic carbocycles. The van der Waals surface area contributed by atoms with Gasteiger partial charge in [0.1, 0.15) is 0 Å². The molecule has 0 radical (unpaired) electrons. The fraction of sp³-hybridized carbons (Fsp3) is 0.417. The normalized spacial score (nSPS) is 12.3. The fourth-order valence-corrected chi connectivity index (χ4v) is 2.70. The average molecular weight is 305 g/mol. The maximum absolute atomic E-state index is 12.1. The number of sulfonamides is 1. The van der Waals surface area contributed by atoms with Crippen LogP contribution in [0.25, 0.3) is 0 Å². The molecule has 0 aromatic heterocycles. The van der Waals surface area contributed by atoms with Crippen molar-refractivity contribution in [3.8, 4) is 0 Å². The monoisotopic (exact) mass is 304 g/mol. The summed E-state index contributed by atoms with van der Waals surface area (Å²) >= 11 is 5.84. The highest BCUT2D eigenvalue weighted by Crippen LogP contribution is 2.24. The Hall–Kier alpha value is -1.11. The van der Waals surface area contributed by atoms with E-state index in [0.717, 1.165) is 0 Å². The number of hydrogen-bond acceptors (Lipinski definition) is 3. The first kappa shape index (κ1) is 15.9. The summed E-state index contributed by atoms with van der Waals surface area (Å²) in [6.07, 6.45) is 0. The van der Waals surface area contributed by atoms with Crippen molar-refractivity contribution in [3.63, 3.8) is 0 Å². The molecule has 3 N–H and O–H groups in total. The predicted molar refractivity (Wildman–Crippen MR) is 74.8 cm³/mol. The van der Waals surface area contributed by atoms with Gasteiger partial charge in [-0.1, -0.05) is 11.6 Å². The zero-order valence-corrected chi connectivity index (χ0v) is 12.8. The molecule has 0 atom stereocenters. The molecular formula is C12H17ClN2O3S. The molecule has 0 saturated heterocycles. The number of amides is 1. The Balaban J connectivity index is 3.38. The van der Waals surface area contributed by atoms with Crippen molar-refractivity contribution in [2.24, 2.45) is 5.14 Å². The number of primary sulfonamides is 1. The van der Waals surface area contributed by atoms with Gasteiger partial charge in [-0.05, 0) is 45.4 Å². The molecular weight excluding hydrogens is 288 g/mol. The lowest BCUT2D eigenvalue weighted by molar-refractivity contribution is 0.0918. The highest BCUT2D eigenvalue weighted by molar-refractivity contribution is 7.89. The van der Waals surface area contributed by atoms with E-state index < -0.39 is 21.5 Å². The molecule has 0 unspecified atom stereocenters. The van der Waals surface area contributed by atoms with E-state index in [4.69, 9.17) is 16.7 Å². The van der Waals surface area contributed by atoms with Gasteiger partial charge in [0.2, 0.25) is 10.0 Å². The molecule has 19 heavy (non-hydrogen) atoms. The Morgan fingerprint density at radius 3 is 2.26 bits per heavy atom. The number of nitrogens with one attached hydrogen (secondary N) is 1. The van der Waals surface area contributed by atoms with E-state index >= 15 is 0 Å². The van der Waals surface area contributed by atoms with Gasteiger partial charge in [-0.2, -0.15) is 0 Å². The molecule has 0 aliphatic heterocycles. The minimum atomic E-state index is -3.92. The van der Waals surface area contributed by atoms with Crippen LogP contribution < -0.4 is 10.5 Å². The van der Waals surface area contributed by atoms with Crippen molar-refractivity contribution in [1.29, 1.82) is 0 Å². The number of carbonyl (C=O) groups is 1. The van der Waals surface area contributed by atoms with Gasteiger partial charge >= 0.3 is 0 Å². The Morgan fingerprint density at radius 1 is 1.32 bits per heavy atom. The average Bonchev–Trinajstić information content (AvgIpc) is 2.16. The molecule has 0 aliphatic rings. The van der Waals surface area contributed by atoms with Crippen LogP contribution in [0.5, 0.6) is 0 Å². The van der Waals surface area contributed by atoms with Crippen LogP contribution in [-0.2, 0) is 10.0 Å². The van der Waals surface area contributed by atoms with Crippen LogP contribution in [0.3, 0.4) is 0 Å². The Labute approximate surface area is 118 Å². The standard InChI is InChI=1S/C12H17ClN2O3S/c1-7-9(11(16)15-12(2,3)4)5-8(13)6-10(7)19(14,17)18/h5-6H,1-4H3,(H,15,16)(H2,14,17,18). The topological polar surface area (TPSA) is 89.3 Å². The zero-order chi connectivity index (χ0) is 15.0. The third-order valence-corrected chi connectivity index (χ3v) is 3.62. The van der Waals surface area contributed by atoms with E-state index in [9.17, 15) is 13.2 Å². The molecule has 0 fully saturated rings. The molecule has 0 bridgehead atoms. The Morgan fingerprint density at radius 2 is 1.84 bits per heavy atom. The molecule has 1 aromatic carbocycles. The fourth-order valence-electron chi connectivity index (χ4n) is 1.59. The van der Waals surface area contributed by atoms with Crippen LogP contribution in [0.4, 0.5) is 0 Å². The Kier molecular flexibility index (Phi) is 4.29. The third kappa shape index (κ3) is 4.19. The largest absolute Gasteiger partial charge is 0.347 e. The summed E-state index contributed by atoms with van der Waals surface area (Å²) in [6.45, 7) is 7.00. The van der Waals surface area contributed by atoms with E-state index in [-0.39, 0.29) is 21.0 Å². The van der Waals surface area contributed by atoms with Gasteiger partial charge < -0.3 is 5.32 Å². The molecule has 106 valence electrons. The summed E-state index contributed by atoms with van der Waals surface area (Å²) in [5.41, 5.74) is 0.0493. The lowest BCUT2D eigenvalue weighted by atomic mass is 10.0. The van der Waals surface area contributed by atoms with E-state index in [0.29, 0.717) is 0 Å². The van der Waals surface area contributed by atoms with Crippen LogP contribution >= 0.6 is 11.6 Å². The number of benzene rings is 1. The van der Waals surface area contributed by atoms with Crippen LogP contribution in [-0.4, -0.2) is 19.9 Å². The lowest BCUT2D eigenvalue weighted by Crippen LogP contribution is -2.41. The van der Waals surface area contributed by atoms with Crippen LogP contribution in [0.15, 0.2) is 17.0 Å². The van der Waals surface area contributed by atoms with Gasteiger partial charge in [-0.3, -0.25) is 4.79 Å².